The predicted octanol–water partition coefficient (Wildman–Crippen LogP) is 4.45. The molecule has 12 heavy (non-hydrogen) atoms. The van der Waals surface area contributed by atoms with Crippen LogP contribution in [0, 0.1) is 10.8 Å². The van der Waals surface area contributed by atoms with Crippen LogP contribution in [0.3, 0.4) is 0 Å². The molecule has 0 unspecified atom stereocenters. The third-order valence-corrected chi connectivity index (χ3v) is 3.21. The zero-order valence-corrected chi connectivity index (χ0v) is 10.9. The van der Waals surface area contributed by atoms with Gasteiger partial charge in [0.1, 0.15) is 0 Å². The van der Waals surface area contributed by atoms with Crippen LogP contribution in [0.2, 0.25) is 0 Å². The van der Waals surface area contributed by atoms with E-state index in [-0.39, 0.29) is 5.41 Å². The fraction of sp³-hybridized carbons (Fsp3) is 1.00. The van der Waals surface area contributed by atoms with Crippen molar-refractivity contribution in [2.45, 2.75) is 40.5 Å². The van der Waals surface area contributed by atoms with Gasteiger partial charge in [-0.1, -0.05) is 43.6 Å². The Kier molecular flexibility index (Phi) is 5.17. The van der Waals surface area contributed by atoms with E-state index in [1.807, 2.05) is 0 Å². The van der Waals surface area contributed by atoms with Crippen LogP contribution in [-0.2, 0) is 0 Å². The lowest BCUT2D eigenvalue weighted by molar-refractivity contribution is 0.211. The van der Waals surface area contributed by atoms with E-state index in [0.717, 1.165) is 11.2 Å². The van der Waals surface area contributed by atoms with Crippen molar-refractivity contribution in [3.05, 3.63) is 0 Å². The van der Waals surface area contributed by atoms with Crippen LogP contribution in [0.5, 0.6) is 0 Å². The molecule has 0 fully saturated rings. The number of hydrogen-bond donors (Lipinski definition) is 0. The summed E-state index contributed by atoms with van der Waals surface area (Å²) in [4.78, 5) is 0. The zero-order valence-electron chi connectivity index (χ0n) is 8.58. The van der Waals surface area contributed by atoms with E-state index in [2.05, 4.69) is 43.6 Å². The lowest BCUT2D eigenvalue weighted by Gasteiger charge is -2.33. The van der Waals surface area contributed by atoms with Gasteiger partial charge in [0.05, 0.1) is 0 Å². The van der Waals surface area contributed by atoms with E-state index in [0.29, 0.717) is 5.41 Å². The van der Waals surface area contributed by atoms with Gasteiger partial charge >= 0.3 is 0 Å². The summed E-state index contributed by atoms with van der Waals surface area (Å²) in [5.74, 6) is 0.749. The van der Waals surface area contributed by atoms with Gasteiger partial charge in [0.25, 0.3) is 0 Å². The quantitative estimate of drug-likeness (QED) is 0.637. The topological polar surface area (TPSA) is 0 Å². The molecule has 0 nitrogen and oxygen atoms in total. The summed E-state index contributed by atoms with van der Waals surface area (Å²) in [7, 11) is 0. The van der Waals surface area contributed by atoms with Crippen molar-refractivity contribution in [3.63, 3.8) is 0 Å². The van der Waals surface area contributed by atoms with Gasteiger partial charge in [-0.05, 0) is 23.7 Å². The molecular weight excluding hydrogens is 235 g/mol. The fourth-order valence-electron chi connectivity index (χ4n) is 1.69. The lowest BCUT2D eigenvalue weighted by Crippen LogP contribution is -2.24. The average Bonchev–Trinajstić information content (AvgIpc) is 1.85. The molecule has 0 aliphatic rings. The highest BCUT2D eigenvalue weighted by molar-refractivity contribution is 9.09. The molecule has 0 bridgehead atoms. The summed E-state index contributed by atoms with van der Waals surface area (Å²) in [5.41, 5.74) is 0.676. The molecule has 0 aromatic heterocycles. The molecule has 2 heteroatoms. The Bertz CT molecular complexity index is 130. The normalized spacial score (nSPS) is 13.5. The minimum atomic E-state index is 0.271. The lowest BCUT2D eigenvalue weighted by atomic mass is 9.75. The first-order valence-electron chi connectivity index (χ1n) is 4.45. The van der Waals surface area contributed by atoms with E-state index in [4.69, 9.17) is 11.6 Å². The molecule has 0 heterocycles. The Morgan fingerprint density at radius 2 is 1.58 bits per heavy atom. The van der Waals surface area contributed by atoms with E-state index in [9.17, 15) is 0 Å². The molecule has 0 aromatic carbocycles. The van der Waals surface area contributed by atoms with Crippen LogP contribution >= 0.6 is 27.5 Å². The summed E-state index contributed by atoms with van der Waals surface area (Å²) < 4.78 is 0. The van der Waals surface area contributed by atoms with Gasteiger partial charge in [0.2, 0.25) is 0 Å². The molecule has 0 radical (unpaired) electrons. The molecule has 0 rings (SSSR count). The van der Waals surface area contributed by atoms with Gasteiger partial charge in [-0.15, -0.1) is 11.6 Å². The number of halogens is 2. The van der Waals surface area contributed by atoms with Gasteiger partial charge in [-0.3, -0.25) is 0 Å². The molecule has 0 N–H and O–H groups in total. The molecule has 74 valence electrons. The molecular formula is C10H20BrCl. The van der Waals surface area contributed by atoms with E-state index < -0.39 is 0 Å². The van der Waals surface area contributed by atoms with Crippen LogP contribution in [0.4, 0.5) is 0 Å². The van der Waals surface area contributed by atoms with Crippen LogP contribution in [0.15, 0.2) is 0 Å². The third-order valence-electron chi connectivity index (χ3n) is 2.09. The summed E-state index contributed by atoms with van der Waals surface area (Å²) in [6, 6.07) is 0. The van der Waals surface area contributed by atoms with Gasteiger partial charge in [-0.2, -0.15) is 0 Å². The van der Waals surface area contributed by atoms with Gasteiger partial charge in [-0.25, -0.2) is 0 Å². The van der Waals surface area contributed by atoms with Crippen molar-refractivity contribution in [2.75, 3.05) is 11.2 Å². The Labute approximate surface area is 90.2 Å². The van der Waals surface area contributed by atoms with Crippen molar-refractivity contribution >= 4 is 27.5 Å². The maximum absolute atomic E-state index is 5.89. The molecule has 0 saturated carbocycles. The molecule has 0 aromatic rings. The Balaban J connectivity index is 4.04. The predicted molar refractivity (Wildman–Crippen MR) is 61.3 cm³/mol. The zero-order chi connectivity index (χ0) is 9.83. The van der Waals surface area contributed by atoms with E-state index in [1.54, 1.807) is 0 Å². The second-order valence-corrected chi connectivity index (χ2v) is 6.14. The second kappa shape index (κ2) is 4.85. The van der Waals surface area contributed by atoms with Crippen molar-refractivity contribution in [1.82, 2.24) is 0 Å². The molecule has 0 amide bonds. The first kappa shape index (κ1) is 12.8. The first-order valence-corrected chi connectivity index (χ1v) is 6.10. The number of alkyl halides is 2. The highest BCUT2D eigenvalue weighted by Gasteiger charge is 2.27. The van der Waals surface area contributed by atoms with Crippen molar-refractivity contribution < 1.29 is 0 Å². The van der Waals surface area contributed by atoms with Gasteiger partial charge in [0.15, 0.2) is 0 Å². The fourth-order valence-corrected chi connectivity index (χ4v) is 2.85. The van der Waals surface area contributed by atoms with Crippen molar-refractivity contribution in [2.24, 2.45) is 10.8 Å². The maximum Gasteiger partial charge on any atom is 0.0274 e. The molecule has 0 spiro atoms. The van der Waals surface area contributed by atoms with Crippen molar-refractivity contribution in [1.29, 1.82) is 0 Å². The third kappa shape index (κ3) is 5.42. The Morgan fingerprint density at radius 3 is 1.92 bits per heavy atom. The highest BCUT2D eigenvalue weighted by Crippen LogP contribution is 2.37. The maximum atomic E-state index is 5.89. The van der Waals surface area contributed by atoms with Crippen LogP contribution in [-0.4, -0.2) is 11.2 Å². The SMILES string of the molecule is CC(C)(CCl)CC(C)(C)CCBr. The molecule has 0 aliphatic carbocycles. The Hall–Kier alpha value is 0.770. The summed E-state index contributed by atoms with van der Waals surface area (Å²) in [5, 5.41) is 1.08. The minimum Gasteiger partial charge on any atom is -0.126 e. The number of rotatable bonds is 5. The summed E-state index contributed by atoms with van der Waals surface area (Å²) >= 11 is 9.37. The van der Waals surface area contributed by atoms with Crippen LogP contribution in [0.25, 0.3) is 0 Å². The highest BCUT2D eigenvalue weighted by atomic mass is 79.9. The van der Waals surface area contributed by atoms with Gasteiger partial charge < -0.3 is 0 Å². The van der Waals surface area contributed by atoms with Crippen LogP contribution in [0.1, 0.15) is 40.5 Å². The van der Waals surface area contributed by atoms with Crippen molar-refractivity contribution in [3.8, 4) is 0 Å². The Morgan fingerprint density at radius 1 is 1.08 bits per heavy atom. The van der Waals surface area contributed by atoms with Gasteiger partial charge in [0, 0.05) is 11.2 Å². The smallest absolute Gasteiger partial charge is 0.0274 e. The second-order valence-electron chi connectivity index (χ2n) is 5.08. The minimum absolute atomic E-state index is 0.271. The summed E-state index contributed by atoms with van der Waals surface area (Å²) in [6.45, 7) is 9.08. The standard InChI is InChI=1S/C10H20BrCl/c1-9(2,5-6-11)7-10(3,4)8-12/h5-8H2,1-4H3. The van der Waals surface area contributed by atoms with E-state index >= 15 is 0 Å². The molecule has 0 atom stereocenters. The monoisotopic (exact) mass is 254 g/mol. The first-order chi connectivity index (χ1) is 5.33. The molecule has 0 saturated heterocycles. The average molecular weight is 256 g/mol. The number of hydrogen-bond acceptors (Lipinski definition) is 0. The van der Waals surface area contributed by atoms with Crippen LogP contribution < -0.4 is 0 Å². The van der Waals surface area contributed by atoms with E-state index in [1.165, 1.54) is 12.8 Å². The molecule has 0 aliphatic heterocycles. The summed E-state index contributed by atoms with van der Waals surface area (Å²) in [6.07, 6.45) is 2.41. The largest absolute Gasteiger partial charge is 0.126 e.